The minimum Gasteiger partial charge on any atom is -0.494 e. The van der Waals surface area contributed by atoms with Gasteiger partial charge in [-0.05, 0) is 66.0 Å². The van der Waals surface area contributed by atoms with Crippen molar-refractivity contribution in [3.63, 3.8) is 0 Å². The van der Waals surface area contributed by atoms with Crippen LogP contribution in [0.4, 0.5) is 0 Å². The number of ether oxygens (including phenoxy) is 1. The van der Waals surface area contributed by atoms with E-state index in [2.05, 4.69) is 56.3 Å². The highest BCUT2D eigenvalue weighted by Crippen LogP contribution is 2.32. The van der Waals surface area contributed by atoms with E-state index in [-0.39, 0.29) is 0 Å². The Bertz CT molecular complexity index is 701. The Morgan fingerprint density at radius 1 is 0.786 bits per heavy atom. The summed E-state index contributed by atoms with van der Waals surface area (Å²) in [6.45, 7) is 5.39. The molecule has 1 heteroatoms. The van der Waals surface area contributed by atoms with Crippen molar-refractivity contribution >= 4 is 0 Å². The highest BCUT2D eigenvalue weighted by atomic mass is 16.5. The fraction of sp³-hybridized carbons (Fsp3) is 0.556. The molecular formula is C27H38O. The zero-order chi connectivity index (χ0) is 19.6. The van der Waals surface area contributed by atoms with Crippen molar-refractivity contribution in [2.45, 2.75) is 84.5 Å². The van der Waals surface area contributed by atoms with Gasteiger partial charge >= 0.3 is 0 Å². The molecule has 1 aliphatic carbocycles. The Morgan fingerprint density at radius 2 is 1.54 bits per heavy atom. The molecule has 152 valence electrons. The van der Waals surface area contributed by atoms with Crippen LogP contribution in [0.2, 0.25) is 0 Å². The smallest absolute Gasteiger partial charge is 0.119 e. The zero-order valence-electron chi connectivity index (χ0n) is 18.0. The van der Waals surface area contributed by atoms with Gasteiger partial charge in [-0.15, -0.1) is 0 Å². The van der Waals surface area contributed by atoms with Gasteiger partial charge in [0, 0.05) is 0 Å². The van der Waals surface area contributed by atoms with Crippen molar-refractivity contribution in [3.05, 3.63) is 53.6 Å². The molecule has 0 radical (unpaired) electrons. The lowest BCUT2D eigenvalue weighted by Gasteiger charge is -2.25. The Morgan fingerprint density at radius 3 is 2.32 bits per heavy atom. The van der Waals surface area contributed by atoms with Crippen LogP contribution in [-0.2, 0) is 12.8 Å². The molecule has 0 bridgehead atoms. The first-order valence-corrected chi connectivity index (χ1v) is 11.6. The van der Waals surface area contributed by atoms with Gasteiger partial charge in [-0.1, -0.05) is 89.1 Å². The summed E-state index contributed by atoms with van der Waals surface area (Å²) in [7, 11) is 0. The van der Waals surface area contributed by atoms with E-state index in [9.17, 15) is 0 Å². The van der Waals surface area contributed by atoms with Gasteiger partial charge in [0.1, 0.15) is 5.75 Å². The highest BCUT2D eigenvalue weighted by molar-refractivity contribution is 5.66. The lowest BCUT2D eigenvalue weighted by molar-refractivity contribution is 0.304. The summed E-state index contributed by atoms with van der Waals surface area (Å²) in [5.74, 6) is 1.90. The van der Waals surface area contributed by atoms with Crippen LogP contribution in [0, 0.1) is 5.92 Å². The van der Waals surface area contributed by atoms with E-state index in [1.165, 1.54) is 75.3 Å². The topological polar surface area (TPSA) is 9.23 Å². The average molecular weight is 379 g/mol. The minimum atomic E-state index is 0.834. The third kappa shape index (κ3) is 6.12. The summed E-state index contributed by atoms with van der Waals surface area (Å²) in [6.07, 6.45) is 14.4. The normalized spacial score (nSPS) is 16.0. The van der Waals surface area contributed by atoms with Crippen LogP contribution in [0.3, 0.4) is 0 Å². The van der Waals surface area contributed by atoms with E-state index in [1.54, 1.807) is 11.1 Å². The summed E-state index contributed by atoms with van der Waals surface area (Å²) in [6, 6.07) is 15.8. The van der Waals surface area contributed by atoms with Crippen molar-refractivity contribution < 1.29 is 4.74 Å². The second-order valence-electron chi connectivity index (χ2n) is 8.52. The van der Waals surface area contributed by atoms with Crippen molar-refractivity contribution in [2.75, 3.05) is 6.61 Å². The van der Waals surface area contributed by atoms with Crippen molar-refractivity contribution in [3.8, 4) is 16.9 Å². The molecule has 0 saturated carbocycles. The molecule has 1 unspecified atom stereocenters. The van der Waals surface area contributed by atoms with Crippen LogP contribution in [0.5, 0.6) is 5.75 Å². The number of aryl methyl sites for hydroxylation is 1. The zero-order valence-corrected chi connectivity index (χ0v) is 18.0. The van der Waals surface area contributed by atoms with E-state index in [0.29, 0.717) is 0 Å². The van der Waals surface area contributed by atoms with E-state index >= 15 is 0 Å². The maximum Gasteiger partial charge on any atom is 0.119 e. The molecule has 0 amide bonds. The van der Waals surface area contributed by atoms with E-state index in [4.69, 9.17) is 4.74 Å². The standard InChI is InChI=1S/C27H38O/c1-3-5-7-8-9-19-28-27-17-15-23(16-18-27)25-14-13-24-20-22(10-6-4-2)11-12-26(24)21-25/h13-18,21-22H,3-12,19-20H2,1-2H3. The second-order valence-corrected chi connectivity index (χ2v) is 8.52. The Kier molecular flexibility index (Phi) is 8.45. The van der Waals surface area contributed by atoms with Gasteiger partial charge in [0.05, 0.1) is 6.61 Å². The number of benzene rings is 2. The summed E-state index contributed by atoms with van der Waals surface area (Å²) in [5, 5.41) is 0. The summed E-state index contributed by atoms with van der Waals surface area (Å²) in [5.41, 5.74) is 5.79. The van der Waals surface area contributed by atoms with Gasteiger partial charge < -0.3 is 4.74 Å². The first-order valence-electron chi connectivity index (χ1n) is 11.6. The molecular weight excluding hydrogens is 340 g/mol. The van der Waals surface area contributed by atoms with Gasteiger partial charge in [-0.2, -0.15) is 0 Å². The van der Waals surface area contributed by atoms with E-state index < -0.39 is 0 Å². The maximum atomic E-state index is 5.91. The molecule has 3 rings (SSSR count). The third-order valence-corrected chi connectivity index (χ3v) is 6.21. The molecule has 1 nitrogen and oxygen atoms in total. The molecule has 1 atom stereocenters. The SMILES string of the molecule is CCCCCCCOc1ccc(-c2ccc3c(c2)CCC(CCCC)C3)cc1. The molecule has 0 aliphatic heterocycles. The molecule has 0 N–H and O–H groups in total. The van der Waals surface area contributed by atoms with Gasteiger partial charge in [0.2, 0.25) is 0 Å². The van der Waals surface area contributed by atoms with Crippen LogP contribution >= 0.6 is 0 Å². The molecule has 0 saturated heterocycles. The Hall–Kier alpha value is -1.76. The second kappa shape index (κ2) is 11.3. The summed E-state index contributed by atoms with van der Waals surface area (Å²) >= 11 is 0. The van der Waals surface area contributed by atoms with Crippen molar-refractivity contribution in [2.24, 2.45) is 5.92 Å². The fourth-order valence-electron chi connectivity index (χ4n) is 4.39. The molecule has 0 aromatic heterocycles. The maximum absolute atomic E-state index is 5.91. The number of hydrogen-bond donors (Lipinski definition) is 0. The van der Waals surface area contributed by atoms with Crippen LogP contribution in [0.15, 0.2) is 42.5 Å². The molecule has 2 aromatic rings. The van der Waals surface area contributed by atoms with Gasteiger partial charge in [-0.25, -0.2) is 0 Å². The van der Waals surface area contributed by atoms with Gasteiger partial charge in [-0.3, -0.25) is 0 Å². The van der Waals surface area contributed by atoms with Crippen LogP contribution < -0.4 is 4.74 Å². The van der Waals surface area contributed by atoms with E-state index in [0.717, 1.165) is 24.7 Å². The monoisotopic (exact) mass is 378 g/mol. The number of hydrogen-bond acceptors (Lipinski definition) is 1. The first kappa shape index (κ1) is 21.0. The largest absolute Gasteiger partial charge is 0.494 e. The van der Waals surface area contributed by atoms with Gasteiger partial charge in [0.15, 0.2) is 0 Å². The molecule has 2 aromatic carbocycles. The number of rotatable bonds is 11. The number of fused-ring (bicyclic) bond motifs is 1. The van der Waals surface area contributed by atoms with Crippen molar-refractivity contribution in [1.82, 2.24) is 0 Å². The fourth-order valence-corrected chi connectivity index (χ4v) is 4.39. The molecule has 28 heavy (non-hydrogen) atoms. The first-order chi connectivity index (χ1) is 13.8. The van der Waals surface area contributed by atoms with E-state index in [1.807, 2.05) is 0 Å². The van der Waals surface area contributed by atoms with Crippen molar-refractivity contribution in [1.29, 1.82) is 0 Å². The van der Waals surface area contributed by atoms with Crippen LogP contribution in [-0.4, -0.2) is 6.61 Å². The predicted octanol–water partition coefficient (Wildman–Crippen LogP) is 8.00. The van der Waals surface area contributed by atoms with Crippen LogP contribution in [0.1, 0.15) is 82.8 Å². The number of unbranched alkanes of at least 4 members (excludes halogenated alkanes) is 5. The Balaban J connectivity index is 1.53. The molecule has 0 spiro atoms. The average Bonchev–Trinajstić information content (AvgIpc) is 2.74. The highest BCUT2D eigenvalue weighted by Gasteiger charge is 2.18. The Labute approximate surface area is 172 Å². The molecule has 1 aliphatic rings. The summed E-state index contributed by atoms with van der Waals surface area (Å²) in [4.78, 5) is 0. The van der Waals surface area contributed by atoms with Crippen LogP contribution in [0.25, 0.3) is 11.1 Å². The molecule has 0 fully saturated rings. The molecule has 0 heterocycles. The lowest BCUT2D eigenvalue weighted by Crippen LogP contribution is -2.14. The third-order valence-electron chi connectivity index (χ3n) is 6.21. The minimum absolute atomic E-state index is 0.834. The van der Waals surface area contributed by atoms with Gasteiger partial charge in [0.25, 0.3) is 0 Å². The predicted molar refractivity (Wildman–Crippen MR) is 121 cm³/mol. The summed E-state index contributed by atoms with van der Waals surface area (Å²) < 4.78 is 5.91. The lowest BCUT2D eigenvalue weighted by atomic mass is 9.80. The quantitative estimate of drug-likeness (QED) is 0.360.